The van der Waals surface area contributed by atoms with Crippen LogP contribution in [0.15, 0.2) is 18.2 Å². The molecule has 1 fully saturated rings. The standard InChI is InChI=1S/C19H31N3O3/c1-15-7-8-17(18(12-15)25-11-10-24-4)20-19(23)22(3)14-16-6-5-9-21(2)13-16/h7-8,12,16H,5-6,9-11,13-14H2,1-4H3,(H,20,23). The Bertz CT molecular complexity index is 565. The van der Waals surface area contributed by atoms with E-state index in [4.69, 9.17) is 9.47 Å². The lowest BCUT2D eigenvalue weighted by Gasteiger charge is -2.32. The van der Waals surface area contributed by atoms with Crippen molar-refractivity contribution in [3.63, 3.8) is 0 Å². The van der Waals surface area contributed by atoms with Gasteiger partial charge in [-0.25, -0.2) is 4.79 Å². The van der Waals surface area contributed by atoms with Gasteiger partial charge in [-0.2, -0.15) is 0 Å². The summed E-state index contributed by atoms with van der Waals surface area (Å²) in [7, 11) is 5.63. The zero-order valence-electron chi connectivity index (χ0n) is 15.9. The highest BCUT2D eigenvalue weighted by Crippen LogP contribution is 2.26. The number of piperidine rings is 1. The minimum atomic E-state index is -0.103. The van der Waals surface area contributed by atoms with Crippen molar-refractivity contribution in [3.8, 4) is 5.75 Å². The fraction of sp³-hybridized carbons (Fsp3) is 0.632. The molecule has 1 aromatic carbocycles. The molecule has 1 atom stereocenters. The third kappa shape index (κ3) is 6.21. The molecule has 6 heteroatoms. The minimum absolute atomic E-state index is 0.103. The summed E-state index contributed by atoms with van der Waals surface area (Å²) in [6, 6.07) is 5.68. The maximum absolute atomic E-state index is 12.6. The Morgan fingerprint density at radius 1 is 1.40 bits per heavy atom. The predicted molar refractivity (Wildman–Crippen MR) is 100 cm³/mol. The summed E-state index contributed by atoms with van der Waals surface area (Å²) in [6.07, 6.45) is 2.38. The van der Waals surface area contributed by atoms with E-state index >= 15 is 0 Å². The summed E-state index contributed by atoms with van der Waals surface area (Å²) in [5, 5.41) is 2.97. The highest BCUT2D eigenvalue weighted by molar-refractivity contribution is 5.90. The van der Waals surface area contributed by atoms with Gasteiger partial charge in [0, 0.05) is 27.2 Å². The SMILES string of the molecule is COCCOc1cc(C)ccc1NC(=O)N(C)CC1CCCN(C)C1. The fourth-order valence-corrected chi connectivity index (χ4v) is 3.19. The van der Waals surface area contributed by atoms with Crippen LogP contribution in [0.25, 0.3) is 0 Å². The van der Waals surface area contributed by atoms with Crippen LogP contribution >= 0.6 is 0 Å². The Morgan fingerprint density at radius 2 is 2.20 bits per heavy atom. The molecule has 2 amide bonds. The number of aryl methyl sites for hydroxylation is 1. The molecule has 0 bridgehead atoms. The summed E-state index contributed by atoms with van der Waals surface area (Å²) >= 11 is 0. The van der Waals surface area contributed by atoms with Crippen molar-refractivity contribution >= 4 is 11.7 Å². The van der Waals surface area contributed by atoms with Crippen LogP contribution in [0, 0.1) is 12.8 Å². The smallest absolute Gasteiger partial charge is 0.321 e. The molecule has 2 rings (SSSR count). The number of hydrogen-bond donors (Lipinski definition) is 1. The number of carbonyl (C=O) groups excluding carboxylic acids is 1. The molecular formula is C19H31N3O3. The molecule has 1 heterocycles. The molecule has 1 aliphatic heterocycles. The van der Waals surface area contributed by atoms with Gasteiger partial charge >= 0.3 is 6.03 Å². The molecule has 140 valence electrons. The number of nitrogens with one attached hydrogen (secondary N) is 1. The number of rotatable bonds is 7. The molecule has 0 saturated carbocycles. The van der Waals surface area contributed by atoms with Gasteiger partial charge in [0.2, 0.25) is 0 Å². The Morgan fingerprint density at radius 3 is 2.92 bits per heavy atom. The van der Waals surface area contributed by atoms with E-state index in [-0.39, 0.29) is 6.03 Å². The van der Waals surface area contributed by atoms with Gasteiger partial charge in [-0.15, -0.1) is 0 Å². The number of amides is 2. The van der Waals surface area contributed by atoms with Crippen molar-refractivity contribution in [1.82, 2.24) is 9.80 Å². The summed E-state index contributed by atoms with van der Waals surface area (Å²) in [4.78, 5) is 16.7. The van der Waals surface area contributed by atoms with Gasteiger partial charge in [-0.3, -0.25) is 0 Å². The third-order valence-corrected chi connectivity index (χ3v) is 4.52. The zero-order chi connectivity index (χ0) is 18.2. The Balaban J connectivity index is 1.94. The second kappa shape index (κ2) is 9.63. The van der Waals surface area contributed by atoms with E-state index in [0.29, 0.717) is 30.6 Å². The summed E-state index contributed by atoms with van der Waals surface area (Å²) in [6.45, 7) is 5.93. The van der Waals surface area contributed by atoms with Crippen LogP contribution in [0.4, 0.5) is 10.5 Å². The number of nitrogens with zero attached hydrogens (tertiary/aromatic N) is 2. The number of urea groups is 1. The van der Waals surface area contributed by atoms with Crippen LogP contribution < -0.4 is 10.1 Å². The predicted octanol–water partition coefficient (Wildman–Crippen LogP) is 2.83. The van der Waals surface area contributed by atoms with Gasteiger partial charge in [0.25, 0.3) is 0 Å². The number of likely N-dealkylation sites (tertiary alicyclic amines) is 1. The van der Waals surface area contributed by atoms with Gasteiger partial charge in [0.1, 0.15) is 12.4 Å². The molecule has 1 aliphatic rings. The maximum atomic E-state index is 12.6. The van der Waals surface area contributed by atoms with Gasteiger partial charge in [0.15, 0.2) is 0 Å². The highest BCUT2D eigenvalue weighted by atomic mass is 16.5. The topological polar surface area (TPSA) is 54.0 Å². The first kappa shape index (κ1) is 19.5. The Hall–Kier alpha value is -1.79. The summed E-state index contributed by atoms with van der Waals surface area (Å²) in [5.41, 5.74) is 1.78. The average Bonchev–Trinajstić information content (AvgIpc) is 2.57. The number of ether oxygens (including phenoxy) is 2. The van der Waals surface area contributed by atoms with Crippen LogP contribution in [0.2, 0.25) is 0 Å². The molecule has 0 aromatic heterocycles. The monoisotopic (exact) mass is 349 g/mol. The van der Waals surface area contributed by atoms with Gasteiger partial charge in [0.05, 0.1) is 12.3 Å². The molecule has 0 aliphatic carbocycles. The first-order valence-corrected chi connectivity index (χ1v) is 8.92. The number of hydrogen-bond acceptors (Lipinski definition) is 4. The van der Waals surface area contributed by atoms with E-state index in [9.17, 15) is 4.79 Å². The lowest BCUT2D eigenvalue weighted by Crippen LogP contribution is -2.41. The highest BCUT2D eigenvalue weighted by Gasteiger charge is 2.21. The van der Waals surface area contributed by atoms with E-state index in [1.807, 2.05) is 32.2 Å². The van der Waals surface area contributed by atoms with Crippen molar-refractivity contribution in [1.29, 1.82) is 0 Å². The van der Waals surface area contributed by atoms with Crippen LogP contribution in [-0.2, 0) is 4.74 Å². The zero-order valence-corrected chi connectivity index (χ0v) is 15.9. The molecule has 1 unspecified atom stereocenters. The van der Waals surface area contributed by atoms with E-state index in [1.54, 1.807) is 12.0 Å². The number of methoxy groups -OCH3 is 1. The molecule has 0 spiro atoms. The van der Waals surface area contributed by atoms with Crippen LogP contribution in [0.3, 0.4) is 0 Å². The molecule has 1 saturated heterocycles. The third-order valence-electron chi connectivity index (χ3n) is 4.52. The Labute approximate surface area is 151 Å². The summed E-state index contributed by atoms with van der Waals surface area (Å²) < 4.78 is 10.8. The van der Waals surface area contributed by atoms with E-state index in [2.05, 4.69) is 17.3 Å². The molecule has 25 heavy (non-hydrogen) atoms. The van der Waals surface area contributed by atoms with E-state index < -0.39 is 0 Å². The second-order valence-electron chi connectivity index (χ2n) is 6.92. The van der Waals surface area contributed by atoms with Crippen LogP contribution in [0.5, 0.6) is 5.75 Å². The molecule has 1 N–H and O–H groups in total. The van der Waals surface area contributed by atoms with Crippen molar-refractivity contribution < 1.29 is 14.3 Å². The quantitative estimate of drug-likeness (QED) is 0.769. The first-order valence-electron chi connectivity index (χ1n) is 8.92. The lowest BCUT2D eigenvalue weighted by molar-refractivity contribution is 0.146. The van der Waals surface area contributed by atoms with E-state index in [0.717, 1.165) is 25.2 Å². The van der Waals surface area contributed by atoms with Crippen LogP contribution in [-0.4, -0.2) is 69.9 Å². The maximum Gasteiger partial charge on any atom is 0.321 e. The molecule has 6 nitrogen and oxygen atoms in total. The molecule has 0 radical (unpaired) electrons. The van der Waals surface area contributed by atoms with Crippen molar-refractivity contribution in [2.75, 3.05) is 59.4 Å². The molecule has 1 aromatic rings. The number of carbonyl (C=O) groups is 1. The average molecular weight is 349 g/mol. The van der Waals surface area contributed by atoms with E-state index in [1.165, 1.54) is 12.8 Å². The number of anilines is 1. The first-order chi connectivity index (χ1) is 12.0. The summed E-state index contributed by atoms with van der Waals surface area (Å²) in [5.74, 6) is 1.21. The molecular weight excluding hydrogens is 318 g/mol. The fourth-order valence-electron chi connectivity index (χ4n) is 3.19. The number of benzene rings is 1. The van der Waals surface area contributed by atoms with Crippen molar-refractivity contribution in [2.45, 2.75) is 19.8 Å². The van der Waals surface area contributed by atoms with Crippen molar-refractivity contribution in [2.24, 2.45) is 5.92 Å². The lowest BCUT2D eigenvalue weighted by atomic mass is 9.98. The normalized spacial score (nSPS) is 18.0. The van der Waals surface area contributed by atoms with Gasteiger partial charge < -0.3 is 24.6 Å². The van der Waals surface area contributed by atoms with Gasteiger partial charge in [-0.05, 0) is 57.0 Å². The van der Waals surface area contributed by atoms with Crippen LogP contribution in [0.1, 0.15) is 18.4 Å². The largest absolute Gasteiger partial charge is 0.489 e. The minimum Gasteiger partial charge on any atom is -0.489 e. The Kier molecular flexibility index (Phi) is 7.52. The van der Waals surface area contributed by atoms with Gasteiger partial charge in [-0.1, -0.05) is 6.07 Å². The second-order valence-corrected chi connectivity index (χ2v) is 6.92. The van der Waals surface area contributed by atoms with Crippen molar-refractivity contribution in [3.05, 3.63) is 23.8 Å².